The molecule has 1 fully saturated rings. The van der Waals surface area contributed by atoms with E-state index in [0.717, 1.165) is 25.1 Å². The van der Waals surface area contributed by atoms with Gasteiger partial charge < -0.3 is 14.7 Å². The van der Waals surface area contributed by atoms with E-state index in [0.29, 0.717) is 24.8 Å². The third-order valence-corrected chi connectivity index (χ3v) is 5.82. The second kappa shape index (κ2) is 6.30. The van der Waals surface area contributed by atoms with Crippen LogP contribution >= 0.6 is 0 Å². The molecule has 2 aliphatic rings. The first-order valence-electron chi connectivity index (χ1n) is 8.07. The standard InChI is InChI=1S/C16H24N2O4S/c1-11(2)7-12-10-22-15-8-13(18-6-5-14(19)9-18)3-4-16(15)23(20,21)17-12/h3-4,8,11-12,14,17,19H,5-7,9-10H2,1-2H3/t12-,14-/m0/s1. The molecule has 0 spiro atoms. The Morgan fingerprint density at radius 3 is 2.87 bits per heavy atom. The number of sulfonamides is 1. The molecule has 2 N–H and O–H groups in total. The zero-order valence-electron chi connectivity index (χ0n) is 13.5. The first-order chi connectivity index (χ1) is 10.8. The molecule has 0 bridgehead atoms. The summed E-state index contributed by atoms with van der Waals surface area (Å²) in [5.74, 6) is 0.775. The van der Waals surface area contributed by atoms with Crippen molar-refractivity contribution in [3.05, 3.63) is 18.2 Å². The predicted octanol–water partition coefficient (Wildman–Crippen LogP) is 1.34. The van der Waals surface area contributed by atoms with Crippen LogP contribution in [-0.4, -0.2) is 45.4 Å². The Morgan fingerprint density at radius 1 is 1.43 bits per heavy atom. The smallest absolute Gasteiger partial charge is 0.244 e. The fourth-order valence-corrected chi connectivity index (χ4v) is 4.56. The topological polar surface area (TPSA) is 78.9 Å². The molecule has 1 saturated heterocycles. The third kappa shape index (κ3) is 3.62. The number of ether oxygens (including phenoxy) is 1. The quantitative estimate of drug-likeness (QED) is 0.868. The van der Waals surface area contributed by atoms with Crippen LogP contribution in [0.2, 0.25) is 0 Å². The average molecular weight is 340 g/mol. The summed E-state index contributed by atoms with van der Waals surface area (Å²) in [6, 6.07) is 4.92. The van der Waals surface area contributed by atoms with E-state index in [1.807, 2.05) is 4.90 Å². The molecule has 6 nitrogen and oxygen atoms in total. The van der Waals surface area contributed by atoms with Gasteiger partial charge in [0.05, 0.1) is 12.1 Å². The number of β-amino-alcohol motifs (C(OH)–C–C–N with tert-alkyl or cyclic N) is 1. The number of hydrogen-bond acceptors (Lipinski definition) is 5. The molecule has 0 unspecified atom stereocenters. The number of benzene rings is 1. The summed E-state index contributed by atoms with van der Waals surface area (Å²) in [5, 5.41) is 9.67. The van der Waals surface area contributed by atoms with Crippen molar-refractivity contribution in [2.24, 2.45) is 5.92 Å². The number of nitrogens with zero attached hydrogens (tertiary/aromatic N) is 1. The van der Waals surface area contributed by atoms with Gasteiger partial charge in [0, 0.05) is 24.8 Å². The number of anilines is 1. The van der Waals surface area contributed by atoms with Crippen LogP contribution in [0.15, 0.2) is 23.1 Å². The molecule has 0 amide bonds. The van der Waals surface area contributed by atoms with Crippen LogP contribution in [0.25, 0.3) is 0 Å². The largest absolute Gasteiger partial charge is 0.490 e. The molecule has 0 radical (unpaired) electrons. The van der Waals surface area contributed by atoms with Gasteiger partial charge in [-0.25, -0.2) is 13.1 Å². The van der Waals surface area contributed by atoms with Crippen LogP contribution in [0.5, 0.6) is 5.75 Å². The molecule has 1 aromatic rings. The predicted molar refractivity (Wildman–Crippen MR) is 88.3 cm³/mol. The summed E-state index contributed by atoms with van der Waals surface area (Å²) in [4.78, 5) is 2.23. The second-order valence-electron chi connectivity index (χ2n) is 6.78. The lowest BCUT2D eigenvalue weighted by Crippen LogP contribution is -2.37. The molecule has 7 heteroatoms. The Morgan fingerprint density at radius 2 is 2.22 bits per heavy atom. The number of aliphatic hydroxyl groups is 1. The van der Waals surface area contributed by atoms with Crippen molar-refractivity contribution in [1.82, 2.24) is 4.72 Å². The minimum atomic E-state index is -3.57. The maximum atomic E-state index is 12.5. The summed E-state index contributed by atoms with van der Waals surface area (Å²) in [6.45, 7) is 5.78. The molecule has 2 heterocycles. The highest BCUT2D eigenvalue weighted by Crippen LogP contribution is 2.33. The van der Waals surface area contributed by atoms with Gasteiger partial charge >= 0.3 is 0 Å². The number of fused-ring (bicyclic) bond motifs is 1. The highest BCUT2D eigenvalue weighted by molar-refractivity contribution is 7.89. The summed E-state index contributed by atoms with van der Waals surface area (Å²) >= 11 is 0. The molecule has 23 heavy (non-hydrogen) atoms. The molecule has 3 rings (SSSR count). The Labute approximate surface area is 137 Å². The Hall–Kier alpha value is -1.31. The van der Waals surface area contributed by atoms with E-state index in [-0.39, 0.29) is 17.0 Å². The van der Waals surface area contributed by atoms with Crippen molar-refractivity contribution in [3.8, 4) is 5.75 Å². The lowest BCUT2D eigenvalue weighted by atomic mass is 10.1. The molecule has 0 aromatic heterocycles. The number of hydrogen-bond donors (Lipinski definition) is 2. The molecule has 2 aliphatic heterocycles. The molecule has 1 aromatic carbocycles. The van der Waals surface area contributed by atoms with E-state index >= 15 is 0 Å². The van der Waals surface area contributed by atoms with Crippen LogP contribution in [-0.2, 0) is 10.0 Å². The fourth-order valence-electron chi connectivity index (χ4n) is 3.20. The minimum Gasteiger partial charge on any atom is -0.490 e. The van der Waals surface area contributed by atoms with Gasteiger partial charge in [0.1, 0.15) is 17.3 Å². The highest BCUT2D eigenvalue weighted by Gasteiger charge is 2.30. The Balaban J connectivity index is 1.87. The first-order valence-corrected chi connectivity index (χ1v) is 9.55. The Kier molecular flexibility index (Phi) is 4.53. The normalized spacial score (nSPS) is 26.7. The van der Waals surface area contributed by atoms with Gasteiger partial charge in [-0.1, -0.05) is 13.8 Å². The van der Waals surface area contributed by atoms with Gasteiger partial charge in [-0.15, -0.1) is 0 Å². The van der Waals surface area contributed by atoms with Crippen molar-refractivity contribution >= 4 is 15.7 Å². The molecule has 0 saturated carbocycles. The molecular formula is C16H24N2O4S. The van der Waals surface area contributed by atoms with E-state index in [2.05, 4.69) is 18.6 Å². The maximum absolute atomic E-state index is 12.5. The van der Waals surface area contributed by atoms with E-state index in [1.165, 1.54) is 0 Å². The monoisotopic (exact) mass is 340 g/mol. The van der Waals surface area contributed by atoms with Gasteiger partial charge in [-0.2, -0.15) is 0 Å². The number of rotatable bonds is 3. The van der Waals surface area contributed by atoms with Crippen molar-refractivity contribution in [3.63, 3.8) is 0 Å². The van der Waals surface area contributed by atoms with Crippen LogP contribution in [0.3, 0.4) is 0 Å². The van der Waals surface area contributed by atoms with Crippen molar-refractivity contribution in [1.29, 1.82) is 0 Å². The lowest BCUT2D eigenvalue weighted by molar-refractivity contribution is 0.198. The first kappa shape index (κ1) is 16.5. The Bertz CT molecular complexity index is 675. The van der Waals surface area contributed by atoms with Crippen LogP contribution in [0.1, 0.15) is 26.7 Å². The molecular weight excluding hydrogens is 316 g/mol. The number of nitrogens with one attached hydrogen (secondary N) is 1. The second-order valence-corrected chi connectivity index (χ2v) is 8.46. The van der Waals surface area contributed by atoms with Crippen LogP contribution in [0.4, 0.5) is 5.69 Å². The van der Waals surface area contributed by atoms with E-state index < -0.39 is 10.0 Å². The summed E-state index contributed by atoms with van der Waals surface area (Å²) in [6.07, 6.45) is 1.14. The van der Waals surface area contributed by atoms with Crippen LogP contribution < -0.4 is 14.4 Å². The van der Waals surface area contributed by atoms with Crippen molar-refractivity contribution in [2.75, 3.05) is 24.6 Å². The summed E-state index contributed by atoms with van der Waals surface area (Å²) in [7, 11) is -3.57. The summed E-state index contributed by atoms with van der Waals surface area (Å²) < 4.78 is 33.6. The van der Waals surface area contributed by atoms with Crippen molar-refractivity contribution in [2.45, 2.75) is 43.7 Å². The zero-order valence-corrected chi connectivity index (χ0v) is 14.3. The van der Waals surface area contributed by atoms with Gasteiger partial charge in [0.25, 0.3) is 0 Å². The molecule has 0 aliphatic carbocycles. The summed E-state index contributed by atoms with van der Waals surface area (Å²) in [5.41, 5.74) is 0.887. The lowest BCUT2D eigenvalue weighted by Gasteiger charge is -2.19. The van der Waals surface area contributed by atoms with Gasteiger partial charge in [0.15, 0.2) is 0 Å². The van der Waals surface area contributed by atoms with E-state index in [9.17, 15) is 13.5 Å². The average Bonchev–Trinajstić information content (AvgIpc) is 2.85. The van der Waals surface area contributed by atoms with Gasteiger partial charge in [0.2, 0.25) is 10.0 Å². The van der Waals surface area contributed by atoms with Gasteiger partial charge in [-0.05, 0) is 30.9 Å². The zero-order chi connectivity index (χ0) is 16.6. The van der Waals surface area contributed by atoms with Crippen molar-refractivity contribution < 1.29 is 18.3 Å². The maximum Gasteiger partial charge on any atom is 0.244 e. The van der Waals surface area contributed by atoms with Crippen LogP contribution in [0, 0.1) is 5.92 Å². The van der Waals surface area contributed by atoms with E-state index in [4.69, 9.17) is 4.74 Å². The number of aliphatic hydroxyl groups excluding tert-OH is 1. The minimum absolute atomic E-state index is 0.187. The highest BCUT2D eigenvalue weighted by atomic mass is 32.2. The van der Waals surface area contributed by atoms with Gasteiger partial charge in [-0.3, -0.25) is 0 Å². The third-order valence-electron chi connectivity index (χ3n) is 4.26. The van der Waals surface area contributed by atoms with E-state index in [1.54, 1.807) is 18.2 Å². The molecule has 2 atom stereocenters. The molecule has 128 valence electrons. The SMILES string of the molecule is CC(C)C[C@H]1COc2cc(N3CC[C@H](O)C3)ccc2S(=O)(=O)N1. The fraction of sp³-hybridized carbons (Fsp3) is 0.625.